The van der Waals surface area contributed by atoms with Gasteiger partial charge in [0.05, 0.1) is 11.3 Å². The second-order valence-electron chi connectivity index (χ2n) is 3.89. The van der Waals surface area contributed by atoms with Gasteiger partial charge in [-0.1, -0.05) is 0 Å². The minimum atomic E-state index is -0.547. The van der Waals surface area contributed by atoms with E-state index in [-0.39, 0.29) is 17.7 Å². The van der Waals surface area contributed by atoms with E-state index in [1.54, 1.807) is 0 Å². The molecule has 0 aromatic heterocycles. The first-order valence-corrected chi connectivity index (χ1v) is 5.47. The fourth-order valence-electron chi connectivity index (χ4n) is 1.63. The van der Waals surface area contributed by atoms with E-state index in [4.69, 9.17) is 5.26 Å². The predicted octanol–water partition coefficient (Wildman–Crippen LogP) is 3.59. The molecular formula is C14H9F3N2. The molecular weight excluding hydrogens is 253 g/mol. The maximum absolute atomic E-state index is 13.4. The zero-order valence-corrected chi connectivity index (χ0v) is 9.75. The van der Waals surface area contributed by atoms with Crippen molar-refractivity contribution in [1.82, 2.24) is 0 Å². The number of rotatable bonds is 3. The summed E-state index contributed by atoms with van der Waals surface area (Å²) < 4.78 is 39.3. The molecule has 2 rings (SSSR count). The van der Waals surface area contributed by atoms with Gasteiger partial charge < -0.3 is 5.32 Å². The maximum atomic E-state index is 13.4. The van der Waals surface area contributed by atoms with Crippen LogP contribution in [-0.2, 0) is 6.54 Å². The van der Waals surface area contributed by atoms with E-state index in [1.807, 2.05) is 6.07 Å². The molecule has 0 heterocycles. The van der Waals surface area contributed by atoms with Crippen LogP contribution < -0.4 is 5.32 Å². The number of anilines is 1. The maximum Gasteiger partial charge on any atom is 0.128 e. The van der Waals surface area contributed by atoms with Gasteiger partial charge in [0.25, 0.3) is 0 Å². The number of nitrogens with zero attached hydrogens (tertiary/aromatic N) is 1. The van der Waals surface area contributed by atoms with Crippen LogP contribution in [0, 0.1) is 28.8 Å². The summed E-state index contributed by atoms with van der Waals surface area (Å²) in [6.07, 6.45) is 0. The molecule has 0 fully saturated rings. The minimum absolute atomic E-state index is 0.00387. The lowest BCUT2D eigenvalue weighted by Crippen LogP contribution is -2.04. The zero-order valence-electron chi connectivity index (χ0n) is 9.75. The Bertz CT molecular complexity index is 648. The Kier molecular flexibility index (Phi) is 3.71. The lowest BCUT2D eigenvalue weighted by Gasteiger charge is -2.09. The van der Waals surface area contributed by atoms with Crippen molar-refractivity contribution >= 4 is 5.69 Å². The van der Waals surface area contributed by atoms with Crippen LogP contribution in [0.2, 0.25) is 0 Å². The van der Waals surface area contributed by atoms with Crippen molar-refractivity contribution in [1.29, 1.82) is 5.26 Å². The first-order valence-electron chi connectivity index (χ1n) is 5.47. The molecule has 0 radical (unpaired) electrons. The number of nitriles is 1. The topological polar surface area (TPSA) is 35.8 Å². The van der Waals surface area contributed by atoms with E-state index < -0.39 is 17.5 Å². The molecule has 1 N–H and O–H groups in total. The predicted molar refractivity (Wildman–Crippen MR) is 64.8 cm³/mol. The Labute approximate surface area is 108 Å². The summed E-state index contributed by atoms with van der Waals surface area (Å²) in [7, 11) is 0. The van der Waals surface area contributed by atoms with Crippen LogP contribution in [-0.4, -0.2) is 0 Å². The average molecular weight is 262 g/mol. The fraction of sp³-hybridized carbons (Fsp3) is 0.0714. The van der Waals surface area contributed by atoms with Crippen molar-refractivity contribution in [3.63, 3.8) is 0 Å². The number of hydrogen-bond acceptors (Lipinski definition) is 2. The van der Waals surface area contributed by atoms with Crippen LogP contribution in [0.4, 0.5) is 18.9 Å². The highest BCUT2D eigenvalue weighted by atomic mass is 19.1. The van der Waals surface area contributed by atoms with Gasteiger partial charge in [-0.3, -0.25) is 0 Å². The van der Waals surface area contributed by atoms with Crippen LogP contribution >= 0.6 is 0 Å². The Morgan fingerprint density at radius 3 is 2.42 bits per heavy atom. The van der Waals surface area contributed by atoms with E-state index >= 15 is 0 Å². The summed E-state index contributed by atoms with van der Waals surface area (Å²) >= 11 is 0. The first-order chi connectivity index (χ1) is 9.10. The molecule has 0 aliphatic carbocycles. The average Bonchev–Trinajstić information content (AvgIpc) is 2.40. The number of hydrogen-bond donors (Lipinski definition) is 1. The molecule has 0 aliphatic heterocycles. The van der Waals surface area contributed by atoms with Gasteiger partial charge >= 0.3 is 0 Å². The van der Waals surface area contributed by atoms with Crippen molar-refractivity contribution in [3.8, 4) is 6.07 Å². The molecule has 0 amide bonds. The highest BCUT2D eigenvalue weighted by molar-refractivity contribution is 5.57. The van der Waals surface area contributed by atoms with Crippen molar-refractivity contribution in [2.24, 2.45) is 0 Å². The van der Waals surface area contributed by atoms with Gasteiger partial charge in [0.15, 0.2) is 0 Å². The Morgan fingerprint density at radius 1 is 1.00 bits per heavy atom. The third-order valence-electron chi connectivity index (χ3n) is 2.58. The lowest BCUT2D eigenvalue weighted by molar-refractivity contribution is 0.587. The molecule has 19 heavy (non-hydrogen) atoms. The van der Waals surface area contributed by atoms with Gasteiger partial charge in [-0.25, -0.2) is 13.2 Å². The third-order valence-corrected chi connectivity index (χ3v) is 2.58. The molecule has 0 atom stereocenters. The second kappa shape index (κ2) is 5.44. The molecule has 0 spiro atoms. The van der Waals surface area contributed by atoms with Crippen LogP contribution in [0.25, 0.3) is 0 Å². The van der Waals surface area contributed by atoms with E-state index in [2.05, 4.69) is 5.32 Å². The van der Waals surface area contributed by atoms with E-state index in [0.717, 1.165) is 24.3 Å². The molecule has 2 aromatic carbocycles. The van der Waals surface area contributed by atoms with Crippen molar-refractivity contribution in [3.05, 3.63) is 65.0 Å². The van der Waals surface area contributed by atoms with E-state index in [9.17, 15) is 13.2 Å². The molecule has 0 bridgehead atoms. The minimum Gasteiger partial charge on any atom is -0.380 e. The Morgan fingerprint density at radius 2 is 1.68 bits per heavy atom. The summed E-state index contributed by atoms with van der Waals surface area (Å²) in [5.41, 5.74) is 0.609. The molecule has 96 valence electrons. The summed E-state index contributed by atoms with van der Waals surface area (Å²) in [5, 5.41) is 11.6. The van der Waals surface area contributed by atoms with Crippen molar-refractivity contribution < 1.29 is 13.2 Å². The largest absolute Gasteiger partial charge is 0.380 e. The molecule has 5 heteroatoms. The summed E-state index contributed by atoms with van der Waals surface area (Å²) in [6, 6.07) is 8.59. The molecule has 2 nitrogen and oxygen atoms in total. The van der Waals surface area contributed by atoms with Crippen molar-refractivity contribution in [2.45, 2.75) is 6.54 Å². The highest BCUT2D eigenvalue weighted by Crippen LogP contribution is 2.18. The Balaban J connectivity index is 2.19. The molecule has 0 aliphatic rings. The molecule has 2 aromatic rings. The number of benzene rings is 2. The standard InChI is InChI=1S/C14H9F3N2/c15-11-1-3-13(17)10(6-11)8-19-14-4-2-12(16)5-9(14)7-18/h1-6,19H,8H2. The highest BCUT2D eigenvalue weighted by Gasteiger charge is 2.06. The Hall–Kier alpha value is -2.48. The summed E-state index contributed by atoms with van der Waals surface area (Å²) in [5.74, 6) is -1.62. The lowest BCUT2D eigenvalue weighted by atomic mass is 10.1. The number of halogens is 3. The van der Waals surface area contributed by atoms with Crippen LogP contribution in [0.5, 0.6) is 0 Å². The van der Waals surface area contributed by atoms with Crippen molar-refractivity contribution in [2.75, 3.05) is 5.32 Å². The molecule has 0 unspecified atom stereocenters. The van der Waals surface area contributed by atoms with E-state index in [0.29, 0.717) is 5.69 Å². The van der Waals surface area contributed by atoms with Gasteiger partial charge in [0, 0.05) is 12.1 Å². The van der Waals surface area contributed by atoms with E-state index in [1.165, 1.54) is 12.1 Å². The summed E-state index contributed by atoms with van der Waals surface area (Å²) in [4.78, 5) is 0. The van der Waals surface area contributed by atoms with Gasteiger partial charge in [0.2, 0.25) is 0 Å². The smallest absolute Gasteiger partial charge is 0.128 e. The van der Waals surface area contributed by atoms with Gasteiger partial charge in [-0.15, -0.1) is 0 Å². The molecule has 0 saturated carbocycles. The van der Waals surface area contributed by atoms with Gasteiger partial charge in [-0.2, -0.15) is 5.26 Å². The van der Waals surface area contributed by atoms with Gasteiger partial charge in [0.1, 0.15) is 23.5 Å². The summed E-state index contributed by atoms with van der Waals surface area (Å²) in [6.45, 7) is 0.00387. The molecule has 0 saturated heterocycles. The normalized spacial score (nSPS) is 10.0. The van der Waals surface area contributed by atoms with Gasteiger partial charge in [-0.05, 0) is 36.4 Å². The zero-order chi connectivity index (χ0) is 13.8. The quantitative estimate of drug-likeness (QED) is 0.917. The first kappa shape index (κ1) is 13.0. The third kappa shape index (κ3) is 3.05. The van der Waals surface area contributed by atoms with Crippen LogP contribution in [0.15, 0.2) is 36.4 Å². The SMILES string of the molecule is N#Cc1cc(F)ccc1NCc1cc(F)ccc1F. The number of nitrogens with one attached hydrogen (secondary N) is 1. The second-order valence-corrected chi connectivity index (χ2v) is 3.89. The monoisotopic (exact) mass is 262 g/mol. The van der Waals surface area contributed by atoms with Crippen LogP contribution in [0.1, 0.15) is 11.1 Å². The van der Waals surface area contributed by atoms with Crippen LogP contribution in [0.3, 0.4) is 0 Å². The fourth-order valence-corrected chi connectivity index (χ4v) is 1.63.